The summed E-state index contributed by atoms with van der Waals surface area (Å²) in [6.45, 7) is 3.60. The second-order valence-corrected chi connectivity index (χ2v) is 7.39. The van der Waals surface area contributed by atoms with Crippen molar-refractivity contribution in [3.8, 4) is 11.5 Å². The van der Waals surface area contributed by atoms with Crippen LogP contribution in [0.5, 0.6) is 11.5 Å². The van der Waals surface area contributed by atoms with Crippen LogP contribution in [0, 0.1) is 17.0 Å². The standard InChI is InChI=1S/C21H21N5O6/c1-11-7-13(5-6-16(11)26(28)29)19-15-10-18(31-4)17(30-3)9-14(15)8-12(2)25(23-19)20-22-21(27)32-24-20/h5-7,9-10,12H,8H2,1-4H3,(H,22,24,27)/t12-/m1/s1. The van der Waals surface area contributed by atoms with E-state index >= 15 is 0 Å². The Labute approximate surface area is 182 Å². The molecule has 11 nitrogen and oxygen atoms in total. The van der Waals surface area contributed by atoms with Gasteiger partial charge in [0.25, 0.3) is 11.6 Å². The highest BCUT2D eigenvalue weighted by molar-refractivity contribution is 6.15. The van der Waals surface area contributed by atoms with Gasteiger partial charge in [-0.05, 0) is 55.3 Å². The topological polar surface area (TPSA) is 136 Å². The Morgan fingerprint density at radius 2 is 1.94 bits per heavy atom. The molecule has 3 aromatic rings. The van der Waals surface area contributed by atoms with Gasteiger partial charge < -0.3 is 9.47 Å². The molecule has 0 unspecified atom stereocenters. The lowest BCUT2D eigenvalue weighted by atomic mass is 9.93. The van der Waals surface area contributed by atoms with Crippen molar-refractivity contribution in [2.24, 2.45) is 5.10 Å². The number of ether oxygens (including phenoxy) is 2. The largest absolute Gasteiger partial charge is 0.493 e. The first-order valence-corrected chi connectivity index (χ1v) is 9.77. The molecule has 0 spiro atoms. The summed E-state index contributed by atoms with van der Waals surface area (Å²) in [6, 6.07) is 8.30. The monoisotopic (exact) mass is 439 g/mol. The van der Waals surface area contributed by atoms with Crippen LogP contribution in [0.2, 0.25) is 0 Å². The SMILES string of the molecule is COc1cc2c(cc1OC)C(c1ccc([N+](=O)[O-])c(C)c1)=NN(c1noc(=O)[nH]1)[C@H](C)C2. The van der Waals surface area contributed by atoms with Gasteiger partial charge in [-0.2, -0.15) is 5.10 Å². The number of H-pyrrole nitrogens is 1. The van der Waals surface area contributed by atoms with E-state index in [1.807, 2.05) is 19.1 Å². The number of nitro benzene ring substituents is 1. The number of aromatic amines is 1. The first-order chi connectivity index (χ1) is 15.3. The molecule has 0 amide bonds. The van der Waals surface area contributed by atoms with E-state index in [1.54, 1.807) is 38.3 Å². The molecule has 166 valence electrons. The Morgan fingerprint density at radius 3 is 2.53 bits per heavy atom. The van der Waals surface area contributed by atoms with Gasteiger partial charge in [0.05, 0.1) is 30.9 Å². The number of anilines is 1. The molecule has 0 bridgehead atoms. The molecule has 1 aliphatic rings. The smallest absolute Gasteiger partial charge is 0.440 e. The van der Waals surface area contributed by atoms with Gasteiger partial charge in [0.15, 0.2) is 11.5 Å². The van der Waals surface area contributed by atoms with Crippen LogP contribution >= 0.6 is 0 Å². The molecule has 0 saturated heterocycles. The number of rotatable bonds is 5. The second kappa shape index (κ2) is 8.17. The molecule has 2 aromatic carbocycles. The van der Waals surface area contributed by atoms with Crippen molar-refractivity contribution in [3.63, 3.8) is 0 Å². The lowest BCUT2D eigenvalue weighted by Gasteiger charge is -2.21. The lowest BCUT2D eigenvalue weighted by Crippen LogP contribution is -2.30. The minimum Gasteiger partial charge on any atom is -0.493 e. The second-order valence-electron chi connectivity index (χ2n) is 7.39. The van der Waals surface area contributed by atoms with E-state index in [0.717, 1.165) is 11.1 Å². The number of nitrogens with one attached hydrogen (secondary N) is 1. The third-order valence-electron chi connectivity index (χ3n) is 5.32. The van der Waals surface area contributed by atoms with Crippen LogP contribution in [-0.2, 0) is 6.42 Å². The van der Waals surface area contributed by atoms with Gasteiger partial charge in [0, 0.05) is 22.8 Å². The lowest BCUT2D eigenvalue weighted by molar-refractivity contribution is -0.385. The number of methoxy groups -OCH3 is 2. The summed E-state index contributed by atoms with van der Waals surface area (Å²) in [6.07, 6.45) is 0.545. The van der Waals surface area contributed by atoms with Crippen LogP contribution in [-0.4, -0.2) is 41.0 Å². The number of nitrogens with zero attached hydrogens (tertiary/aromatic N) is 4. The van der Waals surface area contributed by atoms with Crippen molar-refractivity contribution in [1.29, 1.82) is 0 Å². The molecule has 11 heteroatoms. The van der Waals surface area contributed by atoms with E-state index in [2.05, 4.69) is 14.7 Å². The van der Waals surface area contributed by atoms with E-state index < -0.39 is 10.7 Å². The summed E-state index contributed by atoms with van der Waals surface area (Å²) in [5, 5.41) is 21.4. The van der Waals surface area contributed by atoms with E-state index in [1.165, 1.54) is 6.07 Å². The maximum atomic E-state index is 11.6. The quantitative estimate of drug-likeness (QED) is 0.473. The molecule has 0 radical (unpaired) electrons. The molecule has 1 atom stereocenters. The zero-order valence-corrected chi connectivity index (χ0v) is 17.9. The van der Waals surface area contributed by atoms with E-state index in [-0.39, 0.29) is 17.7 Å². The molecule has 0 saturated carbocycles. The molecule has 0 aliphatic carbocycles. The number of hydrazone groups is 1. The van der Waals surface area contributed by atoms with Crippen LogP contribution in [0.25, 0.3) is 0 Å². The minimum absolute atomic E-state index is 0.0153. The van der Waals surface area contributed by atoms with Crippen LogP contribution in [0.15, 0.2) is 44.8 Å². The summed E-state index contributed by atoms with van der Waals surface area (Å²) >= 11 is 0. The highest BCUT2D eigenvalue weighted by Gasteiger charge is 2.28. The van der Waals surface area contributed by atoms with Crippen molar-refractivity contribution < 1.29 is 18.9 Å². The summed E-state index contributed by atoms with van der Waals surface area (Å²) < 4.78 is 15.6. The van der Waals surface area contributed by atoms with Crippen LogP contribution in [0.1, 0.15) is 29.2 Å². The van der Waals surface area contributed by atoms with Crippen molar-refractivity contribution in [1.82, 2.24) is 10.1 Å². The Balaban J connectivity index is 1.96. The fourth-order valence-electron chi connectivity index (χ4n) is 3.77. The van der Waals surface area contributed by atoms with Crippen molar-refractivity contribution >= 4 is 17.3 Å². The van der Waals surface area contributed by atoms with Gasteiger partial charge in [0.2, 0.25) is 0 Å². The fourth-order valence-corrected chi connectivity index (χ4v) is 3.77. The zero-order chi connectivity index (χ0) is 23.0. The molecule has 1 N–H and O–H groups in total. The van der Waals surface area contributed by atoms with Gasteiger partial charge >= 0.3 is 5.76 Å². The van der Waals surface area contributed by atoms with E-state index in [4.69, 9.17) is 14.6 Å². The highest BCUT2D eigenvalue weighted by atomic mass is 16.6. The number of nitro groups is 1. The van der Waals surface area contributed by atoms with E-state index in [9.17, 15) is 14.9 Å². The number of benzene rings is 2. The zero-order valence-electron chi connectivity index (χ0n) is 17.9. The number of hydrogen-bond acceptors (Lipinski definition) is 9. The Kier molecular flexibility index (Phi) is 5.39. The maximum absolute atomic E-state index is 11.6. The van der Waals surface area contributed by atoms with Gasteiger partial charge in [-0.15, -0.1) is 0 Å². The Hall–Kier alpha value is -4.15. The summed E-state index contributed by atoms with van der Waals surface area (Å²) in [5.74, 6) is 0.556. The average molecular weight is 439 g/mol. The summed E-state index contributed by atoms with van der Waals surface area (Å²) in [5.41, 5.74) is 3.41. The Morgan fingerprint density at radius 1 is 1.22 bits per heavy atom. The van der Waals surface area contributed by atoms with E-state index in [0.29, 0.717) is 34.8 Å². The molecular weight excluding hydrogens is 418 g/mol. The van der Waals surface area contributed by atoms with Crippen LogP contribution in [0.4, 0.5) is 11.6 Å². The predicted octanol–water partition coefficient (Wildman–Crippen LogP) is 2.80. The van der Waals surface area contributed by atoms with Gasteiger partial charge in [-0.3, -0.25) is 19.6 Å². The molecule has 2 heterocycles. The molecular formula is C21H21N5O6. The minimum atomic E-state index is -0.694. The first-order valence-electron chi connectivity index (χ1n) is 9.77. The third kappa shape index (κ3) is 3.68. The average Bonchev–Trinajstić information content (AvgIpc) is 3.13. The van der Waals surface area contributed by atoms with Crippen LogP contribution in [0.3, 0.4) is 0 Å². The van der Waals surface area contributed by atoms with Crippen molar-refractivity contribution in [3.05, 3.63) is 73.3 Å². The normalized spacial score (nSPS) is 15.6. The number of aromatic nitrogens is 2. The number of aryl methyl sites for hydroxylation is 1. The third-order valence-corrected chi connectivity index (χ3v) is 5.32. The molecule has 1 aromatic heterocycles. The molecule has 0 fully saturated rings. The molecule has 32 heavy (non-hydrogen) atoms. The number of fused-ring (bicyclic) bond motifs is 1. The van der Waals surface area contributed by atoms with Gasteiger partial charge in [0.1, 0.15) is 0 Å². The molecule has 1 aliphatic heterocycles. The fraction of sp³-hybridized carbons (Fsp3) is 0.286. The molecule has 4 rings (SSSR count). The number of hydrogen-bond donors (Lipinski definition) is 1. The first kappa shape index (κ1) is 21.1. The summed E-state index contributed by atoms with van der Waals surface area (Å²) in [4.78, 5) is 24.9. The van der Waals surface area contributed by atoms with Crippen LogP contribution < -0.4 is 20.2 Å². The maximum Gasteiger partial charge on any atom is 0.440 e. The predicted molar refractivity (Wildman–Crippen MR) is 116 cm³/mol. The Bertz CT molecular complexity index is 1280. The van der Waals surface area contributed by atoms with Crippen molar-refractivity contribution in [2.45, 2.75) is 26.3 Å². The van der Waals surface area contributed by atoms with Gasteiger partial charge in [-0.25, -0.2) is 9.80 Å². The highest BCUT2D eigenvalue weighted by Crippen LogP contribution is 2.35. The van der Waals surface area contributed by atoms with Gasteiger partial charge in [-0.1, -0.05) is 0 Å². The van der Waals surface area contributed by atoms with Crippen molar-refractivity contribution in [2.75, 3.05) is 19.2 Å². The summed E-state index contributed by atoms with van der Waals surface area (Å²) in [7, 11) is 3.11.